The molecule has 20 nitrogen and oxygen atoms in total. The van der Waals surface area contributed by atoms with Crippen molar-refractivity contribution in [2.24, 2.45) is 44.5 Å². The van der Waals surface area contributed by atoms with Gasteiger partial charge in [-0.1, -0.05) is 28.9 Å². The lowest BCUT2D eigenvalue weighted by molar-refractivity contribution is -0.0328. The molecule has 1 aliphatic rings. The number of nitrogens with zero attached hydrogens (tertiary/aromatic N) is 1. The van der Waals surface area contributed by atoms with Gasteiger partial charge in [0.25, 0.3) is 0 Å². The third-order valence-electron chi connectivity index (χ3n) is 6.60. The van der Waals surface area contributed by atoms with Gasteiger partial charge in [-0.2, -0.15) is 0 Å². The summed E-state index contributed by atoms with van der Waals surface area (Å²) in [5.41, 5.74) is 25.9. The van der Waals surface area contributed by atoms with Gasteiger partial charge in [0, 0.05) is 113 Å². The minimum atomic E-state index is -1.11. The number of nitrogens with one attached hydrogen (secondary N) is 6. The first kappa shape index (κ1) is 70.1. The van der Waals surface area contributed by atoms with Crippen molar-refractivity contribution in [2.45, 2.75) is 28.3 Å². The summed E-state index contributed by atoms with van der Waals surface area (Å²) in [5, 5.41) is 63.0. The highest BCUT2D eigenvalue weighted by Gasteiger charge is 2.48. The first-order valence-electron chi connectivity index (χ1n) is 15.3. The molecule has 0 aromatic rings. The smallest absolute Gasteiger partial charge is 0.0627 e. The average molecular weight is 747 g/mol. The van der Waals surface area contributed by atoms with Crippen LogP contribution in [0.1, 0.15) is 25.1 Å². The van der Waals surface area contributed by atoms with Crippen molar-refractivity contribution in [2.75, 3.05) is 138 Å². The molecule has 0 radical (unpaired) electrons. The van der Waals surface area contributed by atoms with E-state index in [-0.39, 0.29) is 59.6 Å². The lowest BCUT2D eigenvalue weighted by Crippen LogP contribution is -2.69. The van der Waals surface area contributed by atoms with Crippen LogP contribution in [0.25, 0.3) is 0 Å². The summed E-state index contributed by atoms with van der Waals surface area (Å²) in [7, 11) is 0. The second-order valence-corrected chi connectivity index (χ2v) is 10.1. The first-order valence-corrected chi connectivity index (χ1v) is 15.3. The quantitative estimate of drug-likeness (QED) is 0.0305. The normalized spacial score (nSPS) is 15.0. The molecule has 1 saturated heterocycles. The zero-order valence-electron chi connectivity index (χ0n) is 28.4. The van der Waals surface area contributed by atoms with Gasteiger partial charge < -0.3 is 103 Å². The Kier molecular flexibility index (Phi) is 72.7. The third kappa shape index (κ3) is 34.9. The van der Waals surface area contributed by atoms with Gasteiger partial charge in [-0.25, -0.2) is 0 Å². The van der Waals surface area contributed by atoms with E-state index in [1.807, 2.05) is 0 Å². The van der Waals surface area contributed by atoms with E-state index in [1.54, 1.807) is 0 Å². The summed E-state index contributed by atoms with van der Waals surface area (Å²) in [4.78, 5) is 3.65. The van der Waals surface area contributed by atoms with Gasteiger partial charge in [0.05, 0.1) is 50.4 Å². The molecule has 1 heterocycles. The SMILES string of the molecule is C.C.C.C=C(NCCNCCN)C1(CO)CNC1CNCCN.C=NCCNCCN.NCCNCCN.O.O.O.OCC(CO)(CO)CO.[HH].[HH]. The van der Waals surface area contributed by atoms with Gasteiger partial charge in [0.2, 0.25) is 0 Å². The monoisotopic (exact) mass is 747 g/mol. The van der Waals surface area contributed by atoms with Crippen LogP contribution in [-0.4, -0.2) is 192 Å². The number of nitrogens with two attached hydrogens (primary N) is 5. The fourth-order valence-corrected chi connectivity index (χ4v) is 3.41. The van der Waals surface area contributed by atoms with Crippen LogP contribution < -0.4 is 60.6 Å². The lowest BCUT2D eigenvalue weighted by atomic mass is 9.71. The molecule has 1 fully saturated rings. The summed E-state index contributed by atoms with van der Waals surface area (Å²) >= 11 is 0. The molecule has 2 atom stereocenters. The molecular weight excluding hydrogens is 656 g/mol. The Morgan fingerprint density at radius 1 is 0.680 bits per heavy atom. The van der Waals surface area contributed by atoms with Gasteiger partial charge >= 0.3 is 0 Å². The van der Waals surface area contributed by atoms with Gasteiger partial charge in [-0.05, 0) is 6.72 Å². The van der Waals surface area contributed by atoms with Gasteiger partial charge in [-0.3, -0.25) is 4.99 Å². The molecule has 0 aliphatic carbocycles. The van der Waals surface area contributed by atoms with Crippen LogP contribution >= 0.6 is 0 Å². The van der Waals surface area contributed by atoms with Gasteiger partial charge in [0.15, 0.2) is 0 Å². The zero-order chi connectivity index (χ0) is 34.0. The van der Waals surface area contributed by atoms with E-state index in [1.165, 1.54) is 0 Å². The Morgan fingerprint density at radius 2 is 1.06 bits per heavy atom. The van der Waals surface area contributed by atoms with Crippen LogP contribution in [-0.2, 0) is 0 Å². The van der Waals surface area contributed by atoms with Crippen LogP contribution in [0.4, 0.5) is 0 Å². The van der Waals surface area contributed by atoms with E-state index in [0.29, 0.717) is 32.7 Å². The van der Waals surface area contributed by atoms with Gasteiger partial charge in [-0.15, -0.1) is 0 Å². The molecule has 50 heavy (non-hydrogen) atoms. The van der Waals surface area contributed by atoms with Crippen LogP contribution in [0.15, 0.2) is 17.3 Å². The summed E-state index contributed by atoms with van der Waals surface area (Å²) in [6, 6.07) is 0.191. The maximum Gasteiger partial charge on any atom is 0.0627 e. The molecular formula is C30H90N12O8. The predicted octanol–water partition coefficient (Wildman–Crippen LogP) is -7.27. The molecule has 0 amide bonds. The standard InChI is InChI=1S/C13H30N6O.C5H13N3.C5H12O4.C4H13N3.3CH4.3H2O.2H2/c1-11(18-7-6-16-4-2-14)13(10-20)9-19-12(13)8-17-5-3-15;1-7-4-5-8-3-2-6;6-1-5(2-7,3-8)4-9;5-1-3-7-4-2-6;;;;;;;;/h12,16-20H,1-10,14-15H2;8H,1-6H2;6-9H,1-4H2;7H,1-6H2;3*1H4;3*1H2;2*1H. The van der Waals surface area contributed by atoms with E-state index < -0.39 is 31.8 Å². The Bertz CT molecular complexity index is 621. The van der Waals surface area contributed by atoms with Gasteiger partial charge in [0.1, 0.15) is 0 Å². The Hall–Kier alpha value is -1.51. The number of hydrogen-bond donors (Lipinski definition) is 16. The Morgan fingerprint density at radius 3 is 1.36 bits per heavy atom. The van der Waals surface area contributed by atoms with Crippen molar-refractivity contribution in [3.8, 4) is 0 Å². The molecule has 2 unspecified atom stereocenters. The lowest BCUT2D eigenvalue weighted by Gasteiger charge is -2.51. The maximum absolute atomic E-state index is 9.75. The van der Waals surface area contributed by atoms with E-state index in [0.717, 1.165) is 77.7 Å². The highest BCUT2D eigenvalue weighted by Crippen LogP contribution is 2.34. The van der Waals surface area contributed by atoms with Crippen LogP contribution in [0.2, 0.25) is 0 Å². The highest BCUT2D eigenvalue weighted by molar-refractivity contribution is 5.23. The number of rotatable bonds is 25. The second-order valence-electron chi connectivity index (χ2n) is 10.1. The summed E-state index contributed by atoms with van der Waals surface area (Å²) in [5.74, 6) is 0. The third-order valence-corrected chi connectivity index (χ3v) is 6.60. The van der Waals surface area contributed by atoms with E-state index in [2.05, 4.69) is 50.2 Å². The van der Waals surface area contributed by atoms with Crippen molar-refractivity contribution in [1.29, 1.82) is 0 Å². The molecule has 0 bridgehead atoms. The molecule has 0 saturated carbocycles. The minimum Gasteiger partial charge on any atom is -0.412 e. The molecule has 27 N–H and O–H groups in total. The van der Waals surface area contributed by atoms with Crippen molar-refractivity contribution in [3.05, 3.63) is 12.3 Å². The van der Waals surface area contributed by atoms with Crippen LogP contribution in [0, 0.1) is 10.8 Å². The fourth-order valence-electron chi connectivity index (χ4n) is 3.41. The molecule has 1 aliphatic heterocycles. The Balaban J connectivity index is -0.0000000503. The summed E-state index contributed by atoms with van der Waals surface area (Å²) < 4.78 is 0. The van der Waals surface area contributed by atoms with Crippen molar-refractivity contribution in [3.63, 3.8) is 0 Å². The molecule has 1 rings (SSSR count). The topological polar surface area (TPSA) is 410 Å². The Labute approximate surface area is 306 Å². The highest BCUT2D eigenvalue weighted by atomic mass is 16.3. The molecule has 0 spiro atoms. The number of hydrogen-bond acceptors (Lipinski definition) is 17. The average Bonchev–Trinajstić information content (AvgIpc) is 3.04. The fraction of sp³-hybridized carbons (Fsp3) is 0.900. The van der Waals surface area contributed by atoms with E-state index in [9.17, 15) is 5.11 Å². The largest absolute Gasteiger partial charge is 0.412 e. The molecule has 0 aromatic heterocycles. The van der Waals surface area contributed by atoms with E-state index >= 15 is 0 Å². The molecule has 0 aromatic carbocycles. The van der Waals surface area contributed by atoms with Crippen molar-refractivity contribution >= 4 is 6.72 Å². The van der Waals surface area contributed by atoms with Crippen LogP contribution in [0.5, 0.6) is 0 Å². The van der Waals surface area contributed by atoms with Crippen molar-refractivity contribution in [1.82, 2.24) is 31.9 Å². The van der Waals surface area contributed by atoms with Crippen LogP contribution in [0.3, 0.4) is 0 Å². The predicted molar refractivity (Wildman–Crippen MR) is 216 cm³/mol. The number of aliphatic imine (C=N–C) groups is 1. The minimum absolute atomic E-state index is 0. The first-order chi connectivity index (χ1) is 21.3. The van der Waals surface area contributed by atoms with Crippen molar-refractivity contribution < 1.29 is 44.8 Å². The maximum atomic E-state index is 9.75. The molecule has 318 valence electrons. The summed E-state index contributed by atoms with van der Waals surface area (Å²) in [6.07, 6.45) is 0. The summed E-state index contributed by atoms with van der Waals surface area (Å²) in [6.45, 7) is 18.3. The number of aliphatic hydroxyl groups excluding tert-OH is 5. The molecule has 20 heteroatoms. The second kappa shape index (κ2) is 51.9. The zero-order valence-corrected chi connectivity index (χ0v) is 28.4. The number of aliphatic hydroxyl groups is 5. The van der Waals surface area contributed by atoms with E-state index in [4.69, 9.17) is 49.1 Å².